The summed E-state index contributed by atoms with van der Waals surface area (Å²) < 4.78 is -0.213. The number of hydrogen-bond acceptors (Lipinski definition) is 0. The number of fused-ring (bicyclic) bond motifs is 2. The second-order valence-electron chi connectivity index (χ2n) is 8.28. The van der Waals surface area contributed by atoms with Gasteiger partial charge in [0.05, 0.1) is 9.15 Å². The predicted molar refractivity (Wildman–Crippen MR) is 126 cm³/mol. The third kappa shape index (κ3) is 3.38. The summed E-state index contributed by atoms with van der Waals surface area (Å²) >= 11 is 8.33. The summed E-state index contributed by atoms with van der Waals surface area (Å²) in [6, 6.07) is 9.55. The molecule has 27 heavy (non-hydrogen) atoms. The summed E-state index contributed by atoms with van der Waals surface area (Å²) in [5.74, 6) is 0.346. The number of aryl methyl sites for hydroxylation is 4. The lowest BCUT2D eigenvalue weighted by atomic mass is 9.70. The van der Waals surface area contributed by atoms with E-state index in [-0.39, 0.29) is 9.15 Å². The number of benzene rings is 2. The van der Waals surface area contributed by atoms with E-state index in [2.05, 4.69) is 111 Å². The van der Waals surface area contributed by atoms with Crippen molar-refractivity contribution < 1.29 is 0 Å². The molecule has 0 fully saturated rings. The van der Waals surface area contributed by atoms with Gasteiger partial charge in [-0.1, -0.05) is 81.6 Å². The molecule has 1 atom stereocenters. The molecule has 1 unspecified atom stereocenters. The van der Waals surface area contributed by atoms with Gasteiger partial charge in [0.25, 0.3) is 0 Å². The molecule has 2 heteroatoms. The molecule has 0 aliphatic heterocycles. The van der Waals surface area contributed by atoms with E-state index in [1.165, 1.54) is 50.1 Å². The Labute approximate surface area is 181 Å². The minimum atomic E-state index is -0.213. The van der Waals surface area contributed by atoms with Gasteiger partial charge in [-0.2, -0.15) is 0 Å². The van der Waals surface area contributed by atoms with E-state index in [0.29, 0.717) is 5.92 Å². The molecule has 0 radical (unpaired) electrons. The largest absolute Gasteiger partial charge is 0.0821 e. The molecule has 0 heterocycles. The Kier molecular flexibility index (Phi) is 5.81. The van der Waals surface area contributed by atoms with Gasteiger partial charge in [-0.3, -0.25) is 0 Å². The second-order valence-corrected chi connectivity index (χ2v) is 10.4. The Morgan fingerprint density at radius 1 is 0.963 bits per heavy atom. The van der Waals surface area contributed by atoms with E-state index in [1.807, 2.05) is 0 Å². The number of allylic oxidation sites excluding steroid dienone is 2. The standard InChI is InChI=1S/C25H30Br2/c1-8-14(2)9-19(7)25(27)22-12-17(5)15(3)10-20(22)24(26)21-11-16(4)18(6)13-23(21)25/h9-13,19,24H,8H2,1-7H3/b14-9-. The number of rotatable bonds is 3. The van der Waals surface area contributed by atoms with Crippen molar-refractivity contribution in [2.45, 2.75) is 64.0 Å². The number of alkyl halides is 2. The van der Waals surface area contributed by atoms with Gasteiger partial charge in [-0.05, 0) is 91.5 Å². The summed E-state index contributed by atoms with van der Waals surface area (Å²) in [6.07, 6.45) is 3.54. The molecule has 0 N–H and O–H groups in total. The smallest absolute Gasteiger partial charge is 0.0807 e. The van der Waals surface area contributed by atoms with Crippen molar-refractivity contribution in [2.75, 3.05) is 0 Å². The van der Waals surface area contributed by atoms with Crippen molar-refractivity contribution in [1.82, 2.24) is 0 Å². The first-order valence-electron chi connectivity index (χ1n) is 9.84. The first-order valence-corrected chi connectivity index (χ1v) is 11.6. The van der Waals surface area contributed by atoms with Gasteiger partial charge in [0.2, 0.25) is 0 Å². The van der Waals surface area contributed by atoms with Crippen LogP contribution in [0, 0.1) is 33.6 Å². The molecule has 0 bridgehead atoms. The van der Waals surface area contributed by atoms with E-state index in [9.17, 15) is 0 Å². The molecule has 2 aromatic carbocycles. The molecule has 3 rings (SSSR count). The maximum atomic E-state index is 4.30. The van der Waals surface area contributed by atoms with Gasteiger partial charge < -0.3 is 0 Å². The first-order chi connectivity index (χ1) is 12.6. The summed E-state index contributed by atoms with van der Waals surface area (Å²) in [7, 11) is 0. The molecule has 1 aliphatic carbocycles. The minimum absolute atomic E-state index is 0.213. The minimum Gasteiger partial charge on any atom is -0.0807 e. The van der Waals surface area contributed by atoms with E-state index < -0.39 is 0 Å². The summed E-state index contributed by atoms with van der Waals surface area (Å²) in [4.78, 5) is 0.232. The summed E-state index contributed by atoms with van der Waals surface area (Å²) in [5, 5.41) is 0. The molecule has 0 saturated carbocycles. The van der Waals surface area contributed by atoms with E-state index in [4.69, 9.17) is 0 Å². The van der Waals surface area contributed by atoms with Crippen LogP contribution in [0.25, 0.3) is 0 Å². The Morgan fingerprint density at radius 2 is 1.37 bits per heavy atom. The first kappa shape index (κ1) is 20.9. The highest BCUT2D eigenvalue weighted by Crippen LogP contribution is 2.57. The van der Waals surface area contributed by atoms with Crippen LogP contribution in [-0.2, 0) is 4.32 Å². The molecule has 0 spiro atoms. The lowest BCUT2D eigenvalue weighted by molar-refractivity contribution is 0.559. The van der Waals surface area contributed by atoms with Crippen LogP contribution in [-0.4, -0.2) is 0 Å². The molecule has 0 aromatic heterocycles. The SMILES string of the molecule is CC/C(C)=C\C(C)C1(Br)c2cc(C)c(C)cc2C(Br)c2cc(C)c(C)cc21. The fourth-order valence-electron chi connectivity index (χ4n) is 4.19. The zero-order valence-corrected chi connectivity index (χ0v) is 20.7. The summed E-state index contributed by atoms with van der Waals surface area (Å²) in [5.41, 5.74) is 12.4. The van der Waals surface area contributed by atoms with Gasteiger partial charge in [0.15, 0.2) is 0 Å². The molecule has 1 aliphatic rings. The third-order valence-electron chi connectivity index (χ3n) is 6.38. The van der Waals surface area contributed by atoms with Crippen molar-refractivity contribution in [3.05, 3.63) is 80.4 Å². The summed E-state index contributed by atoms with van der Waals surface area (Å²) in [6.45, 7) is 15.7. The molecule has 2 aromatic rings. The van der Waals surface area contributed by atoms with Crippen LogP contribution in [0.1, 0.15) is 76.5 Å². The van der Waals surface area contributed by atoms with Crippen molar-refractivity contribution >= 4 is 31.9 Å². The normalized spacial score (nSPS) is 23.0. The van der Waals surface area contributed by atoms with Crippen LogP contribution in [0.3, 0.4) is 0 Å². The van der Waals surface area contributed by atoms with E-state index >= 15 is 0 Å². The van der Waals surface area contributed by atoms with Gasteiger partial charge in [-0.15, -0.1) is 0 Å². The van der Waals surface area contributed by atoms with Gasteiger partial charge in [0, 0.05) is 0 Å². The van der Waals surface area contributed by atoms with Gasteiger partial charge >= 0.3 is 0 Å². The average molecular weight is 490 g/mol. The Balaban J connectivity index is 2.37. The van der Waals surface area contributed by atoms with Gasteiger partial charge in [-0.25, -0.2) is 0 Å². The Morgan fingerprint density at radius 3 is 1.78 bits per heavy atom. The van der Waals surface area contributed by atoms with Crippen molar-refractivity contribution in [1.29, 1.82) is 0 Å². The zero-order chi connectivity index (χ0) is 20.1. The quantitative estimate of drug-likeness (QED) is 0.300. The maximum absolute atomic E-state index is 4.30. The second kappa shape index (κ2) is 7.52. The topological polar surface area (TPSA) is 0 Å². The monoisotopic (exact) mass is 488 g/mol. The van der Waals surface area contributed by atoms with Crippen molar-refractivity contribution in [2.24, 2.45) is 5.92 Å². The van der Waals surface area contributed by atoms with Crippen molar-refractivity contribution in [3.63, 3.8) is 0 Å². The highest BCUT2D eigenvalue weighted by Gasteiger charge is 2.45. The van der Waals surface area contributed by atoms with Crippen LogP contribution in [0.2, 0.25) is 0 Å². The average Bonchev–Trinajstić information content (AvgIpc) is 2.62. The highest BCUT2D eigenvalue weighted by atomic mass is 79.9. The van der Waals surface area contributed by atoms with Crippen LogP contribution < -0.4 is 0 Å². The van der Waals surface area contributed by atoms with Crippen LogP contribution in [0.15, 0.2) is 35.9 Å². The zero-order valence-electron chi connectivity index (χ0n) is 17.5. The molecule has 0 saturated heterocycles. The number of halogens is 2. The Bertz CT molecular complexity index is 861. The molecular weight excluding hydrogens is 460 g/mol. The van der Waals surface area contributed by atoms with Gasteiger partial charge in [0.1, 0.15) is 0 Å². The lowest BCUT2D eigenvalue weighted by Crippen LogP contribution is -2.34. The predicted octanol–water partition coefficient (Wildman–Crippen LogP) is 8.35. The lowest BCUT2D eigenvalue weighted by Gasteiger charge is -2.43. The van der Waals surface area contributed by atoms with Crippen molar-refractivity contribution in [3.8, 4) is 0 Å². The van der Waals surface area contributed by atoms with E-state index in [0.717, 1.165) is 6.42 Å². The van der Waals surface area contributed by atoms with Crippen LogP contribution >= 0.6 is 31.9 Å². The third-order valence-corrected chi connectivity index (χ3v) is 8.94. The van der Waals surface area contributed by atoms with E-state index in [1.54, 1.807) is 0 Å². The molecule has 0 nitrogen and oxygen atoms in total. The fraction of sp³-hybridized carbons (Fsp3) is 0.440. The maximum Gasteiger partial charge on any atom is 0.0821 e. The highest BCUT2D eigenvalue weighted by molar-refractivity contribution is 9.10. The molecule has 0 amide bonds. The van der Waals surface area contributed by atoms with Crippen LogP contribution in [0.5, 0.6) is 0 Å². The number of hydrogen-bond donors (Lipinski definition) is 0. The molecular formula is C25H30Br2. The Hall–Kier alpha value is -0.860. The fourth-order valence-corrected chi connectivity index (χ4v) is 5.77. The van der Waals surface area contributed by atoms with Crippen LogP contribution in [0.4, 0.5) is 0 Å². The molecule has 144 valence electrons.